The van der Waals surface area contributed by atoms with E-state index < -0.39 is 0 Å². The van der Waals surface area contributed by atoms with Gasteiger partial charge in [0.05, 0.1) is 0 Å². The number of hydrogen-bond acceptors (Lipinski definition) is 2. The maximum atomic E-state index is 7.47. The lowest BCUT2D eigenvalue weighted by molar-refractivity contribution is 0.638. The van der Waals surface area contributed by atoms with E-state index in [0.29, 0.717) is 5.71 Å². The molecule has 0 atom stereocenters. The molecule has 96 valence electrons. The molecule has 1 aromatic carbocycles. The van der Waals surface area contributed by atoms with Gasteiger partial charge in [0.15, 0.2) is 0 Å². The maximum absolute atomic E-state index is 7.47. The second-order valence-electron chi connectivity index (χ2n) is 5.01. The SMILES string of the molecule is CC=C(/C=C\C(C)=N)C(C)(C)c1ccc(N)cc1. The number of rotatable bonds is 4. The van der Waals surface area contributed by atoms with E-state index in [0.717, 1.165) is 5.69 Å². The number of nitrogens with one attached hydrogen (secondary N) is 1. The highest BCUT2D eigenvalue weighted by Gasteiger charge is 2.23. The van der Waals surface area contributed by atoms with Gasteiger partial charge in [0.1, 0.15) is 0 Å². The summed E-state index contributed by atoms with van der Waals surface area (Å²) in [6.07, 6.45) is 5.93. The summed E-state index contributed by atoms with van der Waals surface area (Å²) in [6, 6.07) is 7.97. The van der Waals surface area contributed by atoms with Crippen molar-refractivity contribution in [3.8, 4) is 0 Å². The van der Waals surface area contributed by atoms with Crippen LogP contribution < -0.4 is 5.73 Å². The minimum absolute atomic E-state index is 0.0889. The number of nitrogens with two attached hydrogens (primary N) is 1. The Bertz CT molecular complexity index is 476. The predicted octanol–water partition coefficient (Wildman–Crippen LogP) is 4.09. The van der Waals surface area contributed by atoms with Crippen molar-refractivity contribution in [1.82, 2.24) is 0 Å². The van der Waals surface area contributed by atoms with Gasteiger partial charge in [0.2, 0.25) is 0 Å². The van der Waals surface area contributed by atoms with E-state index in [2.05, 4.69) is 32.1 Å². The molecule has 0 radical (unpaired) electrons. The highest BCUT2D eigenvalue weighted by atomic mass is 14.5. The summed E-state index contributed by atoms with van der Waals surface area (Å²) in [7, 11) is 0. The van der Waals surface area contributed by atoms with E-state index >= 15 is 0 Å². The van der Waals surface area contributed by atoms with Gasteiger partial charge in [0, 0.05) is 16.8 Å². The van der Waals surface area contributed by atoms with Crippen molar-refractivity contribution in [1.29, 1.82) is 5.41 Å². The van der Waals surface area contributed by atoms with Gasteiger partial charge < -0.3 is 11.1 Å². The third-order valence-corrected chi connectivity index (χ3v) is 3.18. The molecule has 2 nitrogen and oxygen atoms in total. The zero-order valence-corrected chi connectivity index (χ0v) is 11.6. The minimum Gasteiger partial charge on any atom is -0.399 e. The number of anilines is 1. The van der Waals surface area contributed by atoms with Crippen molar-refractivity contribution in [2.45, 2.75) is 33.1 Å². The number of allylic oxidation sites excluding steroid dienone is 4. The molecule has 0 saturated carbocycles. The second kappa shape index (κ2) is 5.67. The Morgan fingerprint density at radius 1 is 1.17 bits per heavy atom. The molecule has 0 aromatic heterocycles. The highest BCUT2D eigenvalue weighted by molar-refractivity contribution is 5.90. The third-order valence-electron chi connectivity index (χ3n) is 3.18. The largest absolute Gasteiger partial charge is 0.399 e. The van der Waals surface area contributed by atoms with Gasteiger partial charge in [-0.2, -0.15) is 0 Å². The van der Waals surface area contributed by atoms with Crippen LogP contribution in [-0.2, 0) is 5.41 Å². The molecule has 0 saturated heterocycles. The summed E-state index contributed by atoms with van der Waals surface area (Å²) in [5.41, 5.74) is 9.38. The van der Waals surface area contributed by atoms with Gasteiger partial charge in [-0.15, -0.1) is 0 Å². The molecule has 2 heteroatoms. The van der Waals surface area contributed by atoms with Gasteiger partial charge in [-0.1, -0.05) is 38.1 Å². The Hall–Kier alpha value is -1.83. The van der Waals surface area contributed by atoms with Crippen molar-refractivity contribution in [3.05, 3.63) is 53.6 Å². The zero-order valence-electron chi connectivity index (χ0n) is 11.6. The Balaban J connectivity index is 3.10. The molecule has 0 aliphatic carbocycles. The molecule has 0 aliphatic rings. The average molecular weight is 242 g/mol. The van der Waals surface area contributed by atoms with E-state index in [1.807, 2.05) is 31.2 Å². The second-order valence-corrected chi connectivity index (χ2v) is 5.01. The summed E-state index contributed by atoms with van der Waals surface area (Å²) in [4.78, 5) is 0. The van der Waals surface area contributed by atoms with E-state index in [1.165, 1.54) is 11.1 Å². The lowest BCUT2D eigenvalue weighted by atomic mass is 9.77. The van der Waals surface area contributed by atoms with Gasteiger partial charge in [-0.3, -0.25) is 0 Å². The lowest BCUT2D eigenvalue weighted by Gasteiger charge is -2.27. The molecule has 0 aliphatic heterocycles. The van der Waals surface area contributed by atoms with Crippen molar-refractivity contribution in [3.63, 3.8) is 0 Å². The predicted molar refractivity (Wildman–Crippen MR) is 80.2 cm³/mol. The summed E-state index contributed by atoms with van der Waals surface area (Å²) in [5.74, 6) is 0. The molecule has 0 amide bonds. The van der Waals surface area contributed by atoms with Crippen LogP contribution in [0.15, 0.2) is 48.1 Å². The standard InChI is InChI=1S/C16H22N2/c1-5-13(7-6-12(2)17)16(3,4)14-8-10-15(18)11-9-14/h5-11,17H,18H2,1-4H3/b7-6-,13-5?,17-12?. The Labute approximate surface area is 110 Å². The van der Waals surface area contributed by atoms with E-state index in [9.17, 15) is 0 Å². The average Bonchev–Trinajstić information content (AvgIpc) is 2.29. The number of benzene rings is 1. The molecule has 0 fully saturated rings. The van der Waals surface area contributed by atoms with Crippen LogP contribution >= 0.6 is 0 Å². The first kappa shape index (κ1) is 14.2. The molecule has 1 aromatic rings. The van der Waals surface area contributed by atoms with Crippen LogP contribution in [0.3, 0.4) is 0 Å². The maximum Gasteiger partial charge on any atom is 0.0314 e. The Morgan fingerprint density at radius 3 is 2.17 bits per heavy atom. The fourth-order valence-corrected chi connectivity index (χ4v) is 1.95. The molecule has 0 heterocycles. The van der Waals surface area contributed by atoms with Crippen LogP contribution in [0.1, 0.15) is 33.3 Å². The molecule has 3 N–H and O–H groups in total. The smallest absolute Gasteiger partial charge is 0.0314 e. The first-order chi connectivity index (χ1) is 8.37. The highest BCUT2D eigenvalue weighted by Crippen LogP contribution is 2.32. The monoisotopic (exact) mass is 242 g/mol. The van der Waals surface area contributed by atoms with E-state index in [1.54, 1.807) is 6.92 Å². The lowest BCUT2D eigenvalue weighted by Crippen LogP contribution is -2.19. The first-order valence-corrected chi connectivity index (χ1v) is 6.14. The van der Waals surface area contributed by atoms with Crippen LogP contribution in [0.4, 0.5) is 5.69 Å². The quantitative estimate of drug-likeness (QED) is 0.466. The van der Waals surface area contributed by atoms with E-state index in [4.69, 9.17) is 11.1 Å². The van der Waals surface area contributed by atoms with Crippen molar-refractivity contribution in [2.24, 2.45) is 0 Å². The van der Waals surface area contributed by atoms with Gasteiger partial charge in [0.25, 0.3) is 0 Å². The summed E-state index contributed by atoms with van der Waals surface area (Å²) in [6.45, 7) is 8.16. The van der Waals surface area contributed by atoms with E-state index in [-0.39, 0.29) is 5.41 Å². The van der Waals surface area contributed by atoms with Crippen LogP contribution in [-0.4, -0.2) is 5.71 Å². The summed E-state index contributed by atoms with van der Waals surface area (Å²) < 4.78 is 0. The normalized spacial score (nSPS) is 13.0. The van der Waals surface area contributed by atoms with Crippen molar-refractivity contribution in [2.75, 3.05) is 5.73 Å². The van der Waals surface area contributed by atoms with Gasteiger partial charge in [-0.05, 0) is 43.2 Å². The molecular weight excluding hydrogens is 220 g/mol. The number of hydrogen-bond donors (Lipinski definition) is 2. The molecule has 0 unspecified atom stereocenters. The van der Waals surface area contributed by atoms with Crippen LogP contribution in [0, 0.1) is 5.41 Å². The number of nitrogen functional groups attached to an aromatic ring is 1. The van der Waals surface area contributed by atoms with Crippen LogP contribution in [0.25, 0.3) is 0 Å². The van der Waals surface area contributed by atoms with Gasteiger partial charge >= 0.3 is 0 Å². The molecule has 1 rings (SSSR count). The summed E-state index contributed by atoms with van der Waals surface area (Å²) in [5, 5.41) is 7.47. The van der Waals surface area contributed by atoms with Crippen LogP contribution in [0.2, 0.25) is 0 Å². The van der Waals surface area contributed by atoms with Crippen molar-refractivity contribution >= 4 is 11.4 Å². The fourth-order valence-electron chi connectivity index (χ4n) is 1.95. The minimum atomic E-state index is -0.0889. The molecule has 18 heavy (non-hydrogen) atoms. The van der Waals surface area contributed by atoms with Crippen LogP contribution in [0.5, 0.6) is 0 Å². The van der Waals surface area contributed by atoms with Crippen molar-refractivity contribution < 1.29 is 0 Å². The molecule has 0 spiro atoms. The molecule has 0 bridgehead atoms. The topological polar surface area (TPSA) is 49.9 Å². The molecular formula is C16H22N2. The Kier molecular flexibility index (Phi) is 4.49. The fraction of sp³-hybridized carbons (Fsp3) is 0.312. The summed E-state index contributed by atoms with van der Waals surface area (Å²) >= 11 is 0. The Morgan fingerprint density at radius 2 is 1.72 bits per heavy atom. The zero-order chi connectivity index (χ0) is 13.8. The first-order valence-electron chi connectivity index (χ1n) is 6.14. The van der Waals surface area contributed by atoms with Gasteiger partial charge in [-0.25, -0.2) is 0 Å². The third kappa shape index (κ3) is 3.33.